The van der Waals surface area contributed by atoms with Crippen molar-refractivity contribution in [2.75, 3.05) is 32.4 Å². The first kappa shape index (κ1) is 27.4. The molecule has 1 saturated heterocycles. The quantitative estimate of drug-likeness (QED) is 0.358. The summed E-state index contributed by atoms with van der Waals surface area (Å²) in [4.78, 5) is 38.6. The Labute approximate surface area is 234 Å². The summed E-state index contributed by atoms with van der Waals surface area (Å²) in [6.07, 6.45) is 5.97. The van der Waals surface area contributed by atoms with Gasteiger partial charge in [-0.1, -0.05) is 24.3 Å². The largest absolute Gasteiger partial charge is 0.444 e. The van der Waals surface area contributed by atoms with E-state index >= 15 is 0 Å². The van der Waals surface area contributed by atoms with Gasteiger partial charge in [-0.05, 0) is 39.0 Å². The maximum Gasteiger partial charge on any atom is 0.410 e. The molecule has 0 spiro atoms. The van der Waals surface area contributed by atoms with Crippen molar-refractivity contribution in [2.45, 2.75) is 31.3 Å². The third-order valence-corrected chi connectivity index (χ3v) is 7.53. The van der Waals surface area contributed by atoms with Gasteiger partial charge in [-0.2, -0.15) is 0 Å². The number of fused-ring (bicyclic) bond motifs is 1. The van der Waals surface area contributed by atoms with E-state index in [-0.39, 0.29) is 17.8 Å². The smallest absolute Gasteiger partial charge is 0.410 e. The molecule has 1 aliphatic rings. The molecule has 0 saturated carbocycles. The van der Waals surface area contributed by atoms with Crippen LogP contribution in [0.5, 0.6) is 0 Å². The van der Waals surface area contributed by atoms with Crippen LogP contribution in [0.3, 0.4) is 0 Å². The number of halogens is 1. The van der Waals surface area contributed by atoms with Gasteiger partial charge in [0.05, 0.1) is 21.2 Å². The molecule has 11 heteroatoms. The molecule has 208 valence electrons. The Morgan fingerprint density at radius 1 is 0.975 bits per heavy atom. The predicted octanol–water partition coefficient (Wildman–Crippen LogP) is 4.66. The van der Waals surface area contributed by atoms with E-state index in [1.807, 2.05) is 20.8 Å². The second kappa shape index (κ2) is 10.8. The molecule has 3 heterocycles. The second-order valence-electron chi connectivity index (χ2n) is 10.6. The van der Waals surface area contributed by atoms with Gasteiger partial charge in [0.15, 0.2) is 0 Å². The summed E-state index contributed by atoms with van der Waals surface area (Å²) in [7, 11) is -1.30. The fourth-order valence-electron chi connectivity index (χ4n) is 4.60. The van der Waals surface area contributed by atoms with Crippen molar-refractivity contribution < 1.29 is 22.9 Å². The topological polar surface area (TPSA) is 97.6 Å². The zero-order valence-electron chi connectivity index (χ0n) is 22.8. The Balaban J connectivity index is 1.41. The molecular formula is C29H30FN5O4S. The number of piperazine rings is 1. The van der Waals surface area contributed by atoms with E-state index in [0.29, 0.717) is 64.6 Å². The molecule has 1 unspecified atom stereocenters. The van der Waals surface area contributed by atoms with Crippen molar-refractivity contribution in [3.63, 3.8) is 0 Å². The number of hydrogen-bond acceptors (Lipinski definition) is 6. The third-order valence-electron chi connectivity index (χ3n) is 6.58. The molecule has 1 fully saturated rings. The molecule has 2 aromatic heterocycles. The average molecular weight is 564 g/mol. The van der Waals surface area contributed by atoms with Crippen molar-refractivity contribution in [3.05, 3.63) is 72.4 Å². The number of amides is 2. The van der Waals surface area contributed by atoms with Gasteiger partial charge in [-0.15, -0.1) is 0 Å². The standard InChI is InChI=1S/C29H30FN5O4S/c1-29(2,3)39-28(37)34-13-11-33(12-14-34)26(36)19-9-10-22-24(15-19)35(18-25(22)40(4)38)27-31-16-20(17-32-27)21-7-5-6-8-23(21)30/h5-10,15-18H,11-14H2,1-4H3. The van der Waals surface area contributed by atoms with Gasteiger partial charge in [0.2, 0.25) is 5.95 Å². The molecular weight excluding hydrogens is 533 g/mol. The lowest BCUT2D eigenvalue weighted by atomic mass is 10.1. The van der Waals surface area contributed by atoms with Crippen LogP contribution in [0.1, 0.15) is 31.1 Å². The molecule has 0 N–H and O–H groups in total. The van der Waals surface area contributed by atoms with Crippen molar-refractivity contribution in [3.8, 4) is 17.1 Å². The summed E-state index contributed by atoms with van der Waals surface area (Å²) < 4.78 is 33.9. The Hall–Kier alpha value is -4.12. The van der Waals surface area contributed by atoms with Gasteiger partial charge < -0.3 is 14.5 Å². The van der Waals surface area contributed by atoms with Crippen LogP contribution in [-0.2, 0) is 15.5 Å². The van der Waals surface area contributed by atoms with Crippen molar-refractivity contribution in [1.82, 2.24) is 24.3 Å². The zero-order valence-corrected chi connectivity index (χ0v) is 23.6. The van der Waals surface area contributed by atoms with E-state index in [2.05, 4.69) is 9.97 Å². The SMILES string of the molecule is CS(=O)c1cn(-c2ncc(-c3ccccc3F)cn2)c2cc(C(=O)N3CCN(C(=O)OC(C)(C)C)CC3)ccc12. The van der Waals surface area contributed by atoms with E-state index in [1.165, 1.54) is 18.5 Å². The van der Waals surface area contributed by atoms with Crippen LogP contribution in [0.4, 0.5) is 9.18 Å². The molecule has 0 aliphatic carbocycles. The molecule has 0 bridgehead atoms. The molecule has 0 radical (unpaired) electrons. The molecule has 9 nitrogen and oxygen atoms in total. The fourth-order valence-corrected chi connectivity index (χ4v) is 5.34. The average Bonchev–Trinajstić information content (AvgIpc) is 3.31. The van der Waals surface area contributed by atoms with E-state index in [4.69, 9.17) is 4.74 Å². The zero-order chi connectivity index (χ0) is 28.6. The fraction of sp³-hybridized carbons (Fsp3) is 0.310. The van der Waals surface area contributed by atoms with Crippen LogP contribution < -0.4 is 0 Å². The van der Waals surface area contributed by atoms with Crippen molar-refractivity contribution in [1.29, 1.82) is 0 Å². The summed E-state index contributed by atoms with van der Waals surface area (Å²) in [5.41, 5.74) is 1.41. The van der Waals surface area contributed by atoms with Gasteiger partial charge in [0.1, 0.15) is 11.4 Å². The highest BCUT2D eigenvalue weighted by Crippen LogP contribution is 2.28. The molecule has 2 amide bonds. The first-order valence-electron chi connectivity index (χ1n) is 12.8. The summed E-state index contributed by atoms with van der Waals surface area (Å²) in [5, 5.41) is 0.717. The maximum absolute atomic E-state index is 14.2. The first-order valence-corrected chi connectivity index (χ1v) is 14.4. The highest BCUT2D eigenvalue weighted by molar-refractivity contribution is 7.84. The van der Waals surface area contributed by atoms with Crippen LogP contribution in [0.2, 0.25) is 0 Å². The molecule has 4 aromatic rings. The molecule has 1 aliphatic heterocycles. The number of nitrogens with zero attached hydrogens (tertiary/aromatic N) is 5. The molecule has 2 aromatic carbocycles. The van der Waals surface area contributed by atoms with Crippen LogP contribution in [0, 0.1) is 5.82 Å². The number of rotatable bonds is 4. The van der Waals surface area contributed by atoms with Gasteiger partial charge in [-0.25, -0.2) is 19.2 Å². The number of ether oxygens (including phenoxy) is 1. The summed E-state index contributed by atoms with van der Waals surface area (Å²) >= 11 is 0. The number of aromatic nitrogens is 3. The predicted molar refractivity (Wildman–Crippen MR) is 150 cm³/mol. The van der Waals surface area contributed by atoms with Crippen molar-refractivity contribution in [2.24, 2.45) is 0 Å². The Bertz CT molecular complexity index is 1610. The van der Waals surface area contributed by atoms with Crippen LogP contribution in [0.15, 0.2) is 66.0 Å². The van der Waals surface area contributed by atoms with Crippen molar-refractivity contribution >= 4 is 33.7 Å². The van der Waals surface area contributed by atoms with Crippen LogP contribution in [-0.4, -0.2) is 78.6 Å². The highest BCUT2D eigenvalue weighted by atomic mass is 32.2. The Kier molecular flexibility index (Phi) is 7.41. The lowest BCUT2D eigenvalue weighted by Gasteiger charge is -2.35. The van der Waals surface area contributed by atoms with E-state index in [0.717, 1.165) is 0 Å². The molecule has 5 rings (SSSR count). The Morgan fingerprint density at radius 3 is 2.25 bits per heavy atom. The minimum atomic E-state index is -1.30. The van der Waals surface area contributed by atoms with E-state index in [1.54, 1.807) is 63.2 Å². The number of hydrogen-bond donors (Lipinski definition) is 0. The van der Waals surface area contributed by atoms with Gasteiger partial charge in [0.25, 0.3) is 5.91 Å². The summed E-state index contributed by atoms with van der Waals surface area (Å²) in [5.74, 6) is -0.241. The minimum absolute atomic E-state index is 0.173. The summed E-state index contributed by atoms with van der Waals surface area (Å²) in [6.45, 7) is 6.96. The normalized spacial score (nSPS) is 14.8. The molecule has 40 heavy (non-hydrogen) atoms. The monoisotopic (exact) mass is 563 g/mol. The van der Waals surface area contributed by atoms with Gasteiger partial charge >= 0.3 is 6.09 Å². The minimum Gasteiger partial charge on any atom is -0.444 e. The van der Waals surface area contributed by atoms with E-state index < -0.39 is 16.4 Å². The van der Waals surface area contributed by atoms with Gasteiger partial charge in [0, 0.05) is 73.1 Å². The van der Waals surface area contributed by atoms with Gasteiger partial charge in [-0.3, -0.25) is 13.6 Å². The van der Waals surface area contributed by atoms with Crippen LogP contribution in [0.25, 0.3) is 28.0 Å². The van der Waals surface area contributed by atoms with E-state index in [9.17, 15) is 18.2 Å². The third kappa shape index (κ3) is 5.60. The van der Waals surface area contributed by atoms with Crippen LogP contribution >= 0.6 is 0 Å². The lowest BCUT2D eigenvalue weighted by Crippen LogP contribution is -2.51. The maximum atomic E-state index is 14.2. The highest BCUT2D eigenvalue weighted by Gasteiger charge is 2.28. The summed E-state index contributed by atoms with van der Waals surface area (Å²) in [6, 6.07) is 11.6. The first-order chi connectivity index (χ1) is 19.0. The Morgan fingerprint density at radius 2 is 1.62 bits per heavy atom. The second-order valence-corrected chi connectivity index (χ2v) is 11.9. The number of carbonyl (C=O) groups is 2. The lowest BCUT2D eigenvalue weighted by molar-refractivity contribution is 0.0141. The number of carbonyl (C=O) groups excluding carboxylic acids is 2. The number of benzene rings is 2. The molecule has 1 atom stereocenters.